The van der Waals surface area contributed by atoms with Gasteiger partial charge in [-0.25, -0.2) is 9.97 Å². The van der Waals surface area contributed by atoms with E-state index in [0.29, 0.717) is 27.1 Å². The van der Waals surface area contributed by atoms with Crippen molar-refractivity contribution in [2.24, 2.45) is 0 Å². The lowest BCUT2D eigenvalue weighted by molar-refractivity contribution is -0.384. The molecule has 1 fully saturated rings. The number of nitrogens with zero attached hydrogens (tertiary/aromatic N) is 4. The lowest BCUT2D eigenvalue weighted by atomic mass is 10.2. The van der Waals surface area contributed by atoms with Gasteiger partial charge in [0.05, 0.1) is 34.9 Å². The highest BCUT2D eigenvalue weighted by molar-refractivity contribution is 8.04. The van der Waals surface area contributed by atoms with E-state index in [-0.39, 0.29) is 11.6 Å². The molecule has 2 aliphatic heterocycles. The Morgan fingerprint density at radius 1 is 1.12 bits per heavy atom. The smallest absolute Gasteiger partial charge is 0.269 e. The highest BCUT2D eigenvalue weighted by Crippen LogP contribution is 2.38. The minimum atomic E-state index is -0.461. The molecule has 172 valence electrons. The van der Waals surface area contributed by atoms with Gasteiger partial charge in [-0.3, -0.25) is 14.9 Å². The maximum atomic E-state index is 12.5. The second-order valence-electron chi connectivity index (χ2n) is 7.60. The number of aromatic nitrogens is 2. The molecule has 1 amide bonds. The number of hydrogen-bond acceptors (Lipinski definition) is 9. The molecule has 5 rings (SSSR count). The summed E-state index contributed by atoms with van der Waals surface area (Å²) in [6, 6.07) is 14.0. The summed E-state index contributed by atoms with van der Waals surface area (Å²) in [4.78, 5) is 34.4. The van der Waals surface area contributed by atoms with Gasteiger partial charge in [0.2, 0.25) is 5.95 Å². The fourth-order valence-electron chi connectivity index (χ4n) is 3.57. The SMILES string of the molecule is O=C1Nc2cnc(Nc3ccc(N4CCOCC4)cc3)nc2S/C1=C\c1ccc([N+](=O)[O-])cc1. The van der Waals surface area contributed by atoms with Crippen LogP contribution in [0.1, 0.15) is 5.56 Å². The van der Waals surface area contributed by atoms with Crippen LogP contribution in [0.3, 0.4) is 0 Å². The molecule has 1 aromatic heterocycles. The number of fused-ring (bicyclic) bond motifs is 1. The molecule has 1 saturated heterocycles. The number of non-ortho nitro benzene ring substituents is 1. The van der Waals surface area contributed by atoms with Gasteiger partial charge < -0.3 is 20.3 Å². The monoisotopic (exact) mass is 476 g/mol. The van der Waals surface area contributed by atoms with Crippen molar-refractivity contribution in [1.82, 2.24) is 9.97 Å². The number of amides is 1. The van der Waals surface area contributed by atoms with Gasteiger partial charge in [0.15, 0.2) is 0 Å². The third-order valence-corrected chi connectivity index (χ3v) is 6.36. The van der Waals surface area contributed by atoms with Gasteiger partial charge in [0.1, 0.15) is 5.03 Å². The maximum absolute atomic E-state index is 12.5. The molecule has 3 heterocycles. The van der Waals surface area contributed by atoms with Crippen LogP contribution >= 0.6 is 11.8 Å². The summed E-state index contributed by atoms with van der Waals surface area (Å²) >= 11 is 1.22. The molecule has 3 aromatic rings. The molecular weight excluding hydrogens is 456 g/mol. The number of nitro groups is 1. The van der Waals surface area contributed by atoms with Crippen LogP contribution in [0.15, 0.2) is 64.7 Å². The molecule has 0 bridgehead atoms. The van der Waals surface area contributed by atoms with Crippen LogP contribution in [0, 0.1) is 10.1 Å². The average molecular weight is 477 g/mol. The number of carbonyl (C=O) groups excluding carboxylic acids is 1. The molecule has 0 radical (unpaired) electrons. The summed E-state index contributed by atoms with van der Waals surface area (Å²) < 4.78 is 5.40. The molecule has 34 heavy (non-hydrogen) atoms. The van der Waals surface area contributed by atoms with Crippen LogP contribution in [0.25, 0.3) is 6.08 Å². The third-order valence-electron chi connectivity index (χ3n) is 5.33. The summed E-state index contributed by atoms with van der Waals surface area (Å²) in [6.45, 7) is 3.22. The first-order chi connectivity index (χ1) is 16.5. The average Bonchev–Trinajstić information content (AvgIpc) is 2.86. The van der Waals surface area contributed by atoms with Crippen LogP contribution in [0.4, 0.5) is 28.7 Å². The van der Waals surface area contributed by atoms with E-state index in [4.69, 9.17) is 4.74 Å². The molecule has 0 aliphatic carbocycles. The van der Waals surface area contributed by atoms with Gasteiger partial charge in [-0.05, 0) is 48.0 Å². The van der Waals surface area contributed by atoms with Crippen LogP contribution in [-0.4, -0.2) is 47.1 Å². The van der Waals surface area contributed by atoms with Crippen molar-refractivity contribution in [2.45, 2.75) is 5.03 Å². The third kappa shape index (κ3) is 4.85. The van der Waals surface area contributed by atoms with E-state index in [0.717, 1.165) is 37.7 Å². The first-order valence-electron chi connectivity index (χ1n) is 10.6. The standard InChI is InChI=1S/C23H20N6O4S/c30-21-20(13-15-1-5-18(6-2-15)29(31)32)34-22-19(26-21)14-24-23(27-22)25-16-3-7-17(8-4-16)28-9-11-33-12-10-28/h1-8,13-14H,9-12H2,(H,26,30)(H,24,25,27)/b20-13-. The number of anilines is 4. The Labute approximate surface area is 199 Å². The molecule has 10 nitrogen and oxygen atoms in total. The zero-order valence-corrected chi connectivity index (χ0v) is 18.7. The molecule has 0 atom stereocenters. The topological polar surface area (TPSA) is 123 Å². The van der Waals surface area contributed by atoms with Crippen molar-refractivity contribution in [3.63, 3.8) is 0 Å². The maximum Gasteiger partial charge on any atom is 0.269 e. The number of nitro benzene ring substituents is 1. The Hall–Kier alpha value is -3.96. The van der Waals surface area contributed by atoms with Crippen LogP contribution < -0.4 is 15.5 Å². The Balaban J connectivity index is 1.30. The fourth-order valence-corrected chi connectivity index (χ4v) is 4.46. The number of nitrogens with one attached hydrogen (secondary N) is 2. The molecule has 0 spiro atoms. The Bertz CT molecular complexity index is 1260. The highest BCUT2D eigenvalue weighted by atomic mass is 32.2. The second kappa shape index (κ2) is 9.49. The molecule has 0 saturated carbocycles. The number of thioether (sulfide) groups is 1. The van der Waals surface area contributed by atoms with Crippen molar-refractivity contribution in [3.05, 3.63) is 75.3 Å². The van der Waals surface area contributed by atoms with Crippen molar-refractivity contribution in [2.75, 3.05) is 41.8 Å². The van der Waals surface area contributed by atoms with Crippen molar-refractivity contribution >= 4 is 52.4 Å². The Morgan fingerprint density at radius 3 is 2.56 bits per heavy atom. The predicted octanol–water partition coefficient (Wildman–Crippen LogP) is 4.05. The molecule has 2 aliphatic rings. The number of hydrogen-bond donors (Lipinski definition) is 2. The molecular formula is C23H20N6O4S. The first kappa shape index (κ1) is 21.9. The normalized spacial score (nSPS) is 16.6. The van der Waals surface area contributed by atoms with E-state index in [9.17, 15) is 14.9 Å². The summed E-state index contributed by atoms with van der Waals surface area (Å²) in [5.74, 6) is 0.134. The van der Waals surface area contributed by atoms with Crippen molar-refractivity contribution in [3.8, 4) is 0 Å². The Morgan fingerprint density at radius 2 is 1.85 bits per heavy atom. The fraction of sp³-hybridized carbons (Fsp3) is 0.174. The molecule has 2 aromatic carbocycles. The summed E-state index contributed by atoms with van der Waals surface area (Å²) in [5.41, 5.74) is 3.20. The van der Waals surface area contributed by atoms with Gasteiger partial charge in [-0.2, -0.15) is 0 Å². The van der Waals surface area contributed by atoms with Gasteiger partial charge >= 0.3 is 0 Å². The van der Waals surface area contributed by atoms with E-state index in [1.165, 1.54) is 23.9 Å². The largest absolute Gasteiger partial charge is 0.378 e. The number of benzene rings is 2. The van der Waals surface area contributed by atoms with Gasteiger partial charge in [-0.15, -0.1) is 0 Å². The van der Waals surface area contributed by atoms with Gasteiger partial charge in [-0.1, -0.05) is 11.8 Å². The summed E-state index contributed by atoms with van der Waals surface area (Å²) in [7, 11) is 0. The summed E-state index contributed by atoms with van der Waals surface area (Å²) in [6.07, 6.45) is 3.24. The minimum absolute atomic E-state index is 0.00493. The van der Waals surface area contributed by atoms with Crippen molar-refractivity contribution in [1.29, 1.82) is 0 Å². The van der Waals surface area contributed by atoms with Crippen LogP contribution in [0.2, 0.25) is 0 Å². The van der Waals surface area contributed by atoms with Crippen LogP contribution in [0.5, 0.6) is 0 Å². The number of ether oxygens (including phenoxy) is 1. The van der Waals surface area contributed by atoms with E-state index >= 15 is 0 Å². The predicted molar refractivity (Wildman–Crippen MR) is 130 cm³/mol. The van der Waals surface area contributed by atoms with E-state index in [1.807, 2.05) is 24.3 Å². The second-order valence-corrected chi connectivity index (χ2v) is 8.63. The molecule has 0 unspecified atom stereocenters. The lowest BCUT2D eigenvalue weighted by Gasteiger charge is -2.28. The Kier molecular flexibility index (Phi) is 6.11. The van der Waals surface area contributed by atoms with E-state index in [1.54, 1.807) is 24.4 Å². The number of rotatable bonds is 5. The van der Waals surface area contributed by atoms with E-state index < -0.39 is 4.92 Å². The lowest BCUT2D eigenvalue weighted by Crippen LogP contribution is -2.36. The number of morpholine rings is 1. The van der Waals surface area contributed by atoms with Crippen LogP contribution in [-0.2, 0) is 9.53 Å². The summed E-state index contributed by atoms with van der Waals surface area (Å²) in [5, 5.41) is 17.4. The molecule has 2 N–H and O–H groups in total. The van der Waals surface area contributed by atoms with Crippen molar-refractivity contribution < 1.29 is 14.5 Å². The zero-order valence-electron chi connectivity index (χ0n) is 17.9. The van der Waals surface area contributed by atoms with E-state index in [2.05, 4.69) is 25.5 Å². The van der Waals surface area contributed by atoms with Gasteiger partial charge in [0, 0.05) is 36.6 Å². The molecule has 11 heteroatoms. The van der Waals surface area contributed by atoms with Gasteiger partial charge in [0.25, 0.3) is 11.6 Å². The highest BCUT2D eigenvalue weighted by Gasteiger charge is 2.23. The zero-order chi connectivity index (χ0) is 23.5. The minimum Gasteiger partial charge on any atom is -0.378 e. The quantitative estimate of drug-likeness (QED) is 0.243. The number of carbonyl (C=O) groups is 1. The first-order valence-corrected chi connectivity index (χ1v) is 11.4.